The smallest absolute Gasteiger partial charge is 0.247 e. The molecule has 25 heavy (non-hydrogen) atoms. The van der Waals surface area contributed by atoms with E-state index in [2.05, 4.69) is 20.6 Å². The highest BCUT2D eigenvalue weighted by atomic mass is 19.1. The number of rotatable bonds is 6. The molecular weight excluding hydrogens is 325 g/mol. The van der Waals surface area contributed by atoms with Crippen LogP contribution in [-0.4, -0.2) is 25.9 Å². The molecule has 1 aromatic carbocycles. The van der Waals surface area contributed by atoms with E-state index in [-0.39, 0.29) is 24.9 Å². The average Bonchev–Trinajstić information content (AvgIpc) is 3.04. The van der Waals surface area contributed by atoms with Gasteiger partial charge in [0.2, 0.25) is 5.91 Å². The first-order chi connectivity index (χ1) is 12.1. The van der Waals surface area contributed by atoms with Gasteiger partial charge in [0.05, 0.1) is 6.20 Å². The van der Waals surface area contributed by atoms with E-state index in [1.165, 1.54) is 28.9 Å². The van der Waals surface area contributed by atoms with Crippen LogP contribution in [0.5, 0.6) is 5.75 Å². The van der Waals surface area contributed by atoms with Crippen LogP contribution >= 0.6 is 0 Å². The summed E-state index contributed by atoms with van der Waals surface area (Å²) in [5, 5.41) is 10.5. The van der Waals surface area contributed by atoms with E-state index in [1.54, 1.807) is 18.5 Å². The Hall–Kier alpha value is -3.29. The number of benzene rings is 1. The molecule has 0 atom stereocenters. The van der Waals surface area contributed by atoms with Gasteiger partial charge < -0.3 is 10.1 Å². The summed E-state index contributed by atoms with van der Waals surface area (Å²) in [6.45, 7) is 2.11. The van der Waals surface area contributed by atoms with Crippen molar-refractivity contribution in [1.82, 2.24) is 20.0 Å². The maximum atomic E-state index is 12.8. The number of carbonyl (C=O) groups is 1. The van der Waals surface area contributed by atoms with Gasteiger partial charge in [-0.3, -0.25) is 4.79 Å². The molecule has 0 spiro atoms. The Balaban J connectivity index is 1.51. The number of nitrogens with one attached hydrogen (secondary N) is 1. The van der Waals surface area contributed by atoms with Gasteiger partial charge in [-0.05, 0) is 42.8 Å². The number of amides is 1. The lowest BCUT2D eigenvalue weighted by atomic mass is 10.3. The summed E-state index contributed by atoms with van der Waals surface area (Å²) in [5.41, 5.74) is 1.57. The van der Waals surface area contributed by atoms with Crippen molar-refractivity contribution in [2.45, 2.75) is 20.1 Å². The lowest BCUT2D eigenvalue weighted by Gasteiger charge is -2.04. The first kappa shape index (κ1) is 16.6. The molecule has 3 aromatic rings. The van der Waals surface area contributed by atoms with Crippen LogP contribution in [-0.2, 0) is 17.9 Å². The topological polar surface area (TPSA) is 81.9 Å². The van der Waals surface area contributed by atoms with Crippen LogP contribution in [0.25, 0.3) is 0 Å². The maximum absolute atomic E-state index is 12.8. The van der Waals surface area contributed by atoms with Crippen molar-refractivity contribution >= 4 is 11.7 Å². The molecule has 0 unspecified atom stereocenters. The zero-order valence-corrected chi connectivity index (χ0v) is 13.5. The molecule has 2 aromatic heterocycles. The van der Waals surface area contributed by atoms with Crippen LogP contribution in [0.4, 0.5) is 10.2 Å². The highest BCUT2D eigenvalue weighted by molar-refractivity contribution is 5.89. The summed E-state index contributed by atoms with van der Waals surface area (Å²) in [7, 11) is 0. The first-order valence-electron chi connectivity index (χ1n) is 7.58. The molecule has 128 valence electrons. The standard InChI is InChI=1S/C17H16FN5O2/c1-12-2-7-16(19-8-12)20-17(24)10-23-9-14(21-22-23)11-25-15-5-3-13(18)4-6-15/h2-9H,10-11H2,1H3,(H,19,20,24). The number of aryl methyl sites for hydroxylation is 1. The monoisotopic (exact) mass is 341 g/mol. The summed E-state index contributed by atoms with van der Waals surface area (Å²) in [6.07, 6.45) is 3.29. The van der Waals surface area contributed by atoms with Gasteiger partial charge in [-0.25, -0.2) is 14.1 Å². The molecule has 1 amide bonds. The predicted octanol–water partition coefficient (Wildman–Crippen LogP) is 2.34. The van der Waals surface area contributed by atoms with Crippen molar-refractivity contribution in [3.05, 3.63) is 65.9 Å². The van der Waals surface area contributed by atoms with E-state index < -0.39 is 0 Å². The molecule has 1 N–H and O–H groups in total. The van der Waals surface area contributed by atoms with Crippen LogP contribution in [0.2, 0.25) is 0 Å². The van der Waals surface area contributed by atoms with Gasteiger partial charge in [0.1, 0.15) is 36.2 Å². The molecule has 0 fully saturated rings. The van der Waals surface area contributed by atoms with E-state index in [1.807, 2.05) is 13.0 Å². The lowest BCUT2D eigenvalue weighted by Crippen LogP contribution is -2.19. The summed E-state index contributed by atoms with van der Waals surface area (Å²) >= 11 is 0. The largest absolute Gasteiger partial charge is 0.487 e. The van der Waals surface area contributed by atoms with Crippen molar-refractivity contribution in [2.24, 2.45) is 0 Å². The normalized spacial score (nSPS) is 10.5. The molecular formula is C17H16FN5O2. The van der Waals surface area contributed by atoms with E-state index in [9.17, 15) is 9.18 Å². The minimum absolute atomic E-state index is 0.0130. The summed E-state index contributed by atoms with van der Waals surface area (Å²) in [5.74, 6) is 0.425. The summed E-state index contributed by atoms with van der Waals surface area (Å²) in [6, 6.07) is 9.29. The summed E-state index contributed by atoms with van der Waals surface area (Å²) in [4.78, 5) is 16.1. The lowest BCUT2D eigenvalue weighted by molar-refractivity contribution is -0.116. The van der Waals surface area contributed by atoms with Crippen molar-refractivity contribution in [3.8, 4) is 5.75 Å². The predicted molar refractivity (Wildman–Crippen MR) is 88.4 cm³/mol. The molecule has 7 nitrogen and oxygen atoms in total. The van der Waals surface area contributed by atoms with Crippen LogP contribution in [0.15, 0.2) is 48.8 Å². The number of pyridine rings is 1. The number of hydrogen-bond donors (Lipinski definition) is 1. The van der Waals surface area contributed by atoms with Crippen LogP contribution in [0, 0.1) is 12.7 Å². The van der Waals surface area contributed by atoms with Crippen LogP contribution in [0.3, 0.4) is 0 Å². The Morgan fingerprint density at radius 3 is 2.76 bits per heavy atom. The number of anilines is 1. The molecule has 0 radical (unpaired) electrons. The number of aromatic nitrogens is 4. The molecule has 8 heteroatoms. The number of halogens is 1. The van der Waals surface area contributed by atoms with E-state index >= 15 is 0 Å². The van der Waals surface area contributed by atoms with Crippen LogP contribution < -0.4 is 10.1 Å². The van der Waals surface area contributed by atoms with E-state index in [0.717, 1.165) is 5.56 Å². The molecule has 0 saturated heterocycles. The third-order valence-electron chi connectivity index (χ3n) is 3.27. The highest BCUT2D eigenvalue weighted by Crippen LogP contribution is 2.12. The fourth-order valence-corrected chi connectivity index (χ4v) is 2.04. The van der Waals surface area contributed by atoms with Crippen molar-refractivity contribution in [2.75, 3.05) is 5.32 Å². The zero-order valence-electron chi connectivity index (χ0n) is 13.5. The molecule has 0 saturated carbocycles. The SMILES string of the molecule is Cc1ccc(NC(=O)Cn2cc(COc3ccc(F)cc3)nn2)nc1. The highest BCUT2D eigenvalue weighted by Gasteiger charge is 2.08. The minimum Gasteiger partial charge on any atom is -0.487 e. The number of carbonyl (C=O) groups excluding carboxylic acids is 1. The molecule has 0 aliphatic carbocycles. The molecule has 0 aliphatic rings. The van der Waals surface area contributed by atoms with Crippen molar-refractivity contribution < 1.29 is 13.9 Å². The molecule has 0 aliphatic heterocycles. The second-order valence-corrected chi connectivity index (χ2v) is 5.42. The Labute approximate surface area is 143 Å². The minimum atomic E-state index is -0.327. The maximum Gasteiger partial charge on any atom is 0.247 e. The summed E-state index contributed by atoms with van der Waals surface area (Å²) < 4.78 is 19.7. The average molecular weight is 341 g/mol. The number of ether oxygens (including phenoxy) is 1. The fraction of sp³-hybridized carbons (Fsp3) is 0.176. The van der Waals surface area contributed by atoms with Gasteiger partial charge in [-0.2, -0.15) is 0 Å². The van der Waals surface area contributed by atoms with E-state index in [4.69, 9.17) is 4.74 Å². The van der Waals surface area contributed by atoms with Gasteiger partial charge in [0, 0.05) is 6.20 Å². The fourth-order valence-electron chi connectivity index (χ4n) is 2.04. The Bertz CT molecular complexity index is 846. The molecule has 2 heterocycles. The Kier molecular flexibility index (Phi) is 4.98. The van der Waals surface area contributed by atoms with Crippen molar-refractivity contribution in [1.29, 1.82) is 0 Å². The number of nitrogens with zero attached hydrogens (tertiary/aromatic N) is 4. The Morgan fingerprint density at radius 2 is 2.04 bits per heavy atom. The van der Waals surface area contributed by atoms with Crippen molar-refractivity contribution in [3.63, 3.8) is 0 Å². The third kappa shape index (κ3) is 4.84. The van der Waals surface area contributed by atoms with E-state index in [0.29, 0.717) is 17.3 Å². The molecule has 3 rings (SSSR count). The third-order valence-corrected chi connectivity index (χ3v) is 3.27. The van der Waals surface area contributed by atoms with Gasteiger partial charge in [-0.15, -0.1) is 5.10 Å². The zero-order chi connectivity index (χ0) is 17.6. The quantitative estimate of drug-likeness (QED) is 0.744. The van der Waals surface area contributed by atoms with Gasteiger partial charge >= 0.3 is 0 Å². The van der Waals surface area contributed by atoms with Gasteiger partial charge in [0.25, 0.3) is 0 Å². The van der Waals surface area contributed by atoms with Gasteiger partial charge in [-0.1, -0.05) is 11.3 Å². The second-order valence-electron chi connectivity index (χ2n) is 5.42. The molecule has 0 bridgehead atoms. The first-order valence-corrected chi connectivity index (χ1v) is 7.58. The Morgan fingerprint density at radius 1 is 1.24 bits per heavy atom. The van der Waals surface area contributed by atoms with Gasteiger partial charge in [0.15, 0.2) is 0 Å². The number of hydrogen-bond acceptors (Lipinski definition) is 5. The van der Waals surface area contributed by atoms with Crippen LogP contribution in [0.1, 0.15) is 11.3 Å². The second kappa shape index (κ2) is 7.52.